The molecule has 0 unspecified atom stereocenters. The third kappa shape index (κ3) is 1.08. The van der Waals surface area contributed by atoms with E-state index < -0.39 is 0 Å². The quantitative estimate of drug-likeness (QED) is 0.632. The maximum atomic E-state index is 5.97. The van der Waals surface area contributed by atoms with E-state index in [0.29, 0.717) is 0 Å². The van der Waals surface area contributed by atoms with Crippen molar-refractivity contribution in [1.29, 1.82) is 0 Å². The Bertz CT molecular complexity index is 296. The van der Waals surface area contributed by atoms with Gasteiger partial charge in [0.2, 0.25) is 0 Å². The third-order valence-corrected chi connectivity index (χ3v) is 2.34. The fraction of sp³-hybridized carbons (Fsp3) is 0.400. The van der Waals surface area contributed by atoms with Crippen LogP contribution < -0.4 is 10.5 Å². The molecule has 1 aliphatic heterocycles. The highest BCUT2D eigenvalue weighted by molar-refractivity contribution is 5.42. The molecular weight excluding hydrogens is 150 g/mol. The van der Waals surface area contributed by atoms with Crippen LogP contribution >= 0.6 is 0 Å². The van der Waals surface area contributed by atoms with Crippen molar-refractivity contribution in [3.63, 3.8) is 0 Å². The molecule has 2 rings (SSSR count). The minimum absolute atomic E-state index is 0.162. The predicted molar refractivity (Wildman–Crippen MR) is 48.2 cm³/mol. The number of fused-ring (bicyclic) bond motifs is 1. The van der Waals surface area contributed by atoms with Crippen LogP contribution in [0.4, 0.5) is 0 Å². The van der Waals surface area contributed by atoms with E-state index >= 15 is 0 Å². The predicted octanol–water partition coefficient (Wildman–Crippen LogP) is 1.78. The van der Waals surface area contributed by atoms with Gasteiger partial charge in [-0.25, -0.2) is 0 Å². The van der Waals surface area contributed by atoms with Gasteiger partial charge in [0, 0.05) is 18.0 Å². The van der Waals surface area contributed by atoms with Crippen LogP contribution in [0.5, 0.6) is 5.75 Å². The topological polar surface area (TPSA) is 35.2 Å². The number of hydrogen-bond acceptors (Lipinski definition) is 2. The normalized spacial score (nSPS) is 21.3. The Morgan fingerprint density at radius 3 is 3.08 bits per heavy atom. The van der Waals surface area contributed by atoms with Crippen molar-refractivity contribution in [2.75, 3.05) is 6.61 Å². The lowest BCUT2D eigenvalue weighted by molar-refractivity contribution is 0.268. The fourth-order valence-electron chi connectivity index (χ4n) is 1.69. The van der Waals surface area contributed by atoms with Gasteiger partial charge in [-0.2, -0.15) is 0 Å². The molecule has 64 valence electrons. The van der Waals surface area contributed by atoms with E-state index in [2.05, 4.69) is 13.0 Å². The molecule has 0 aliphatic carbocycles. The third-order valence-electron chi connectivity index (χ3n) is 2.34. The van der Waals surface area contributed by atoms with Gasteiger partial charge in [-0.1, -0.05) is 12.1 Å². The van der Waals surface area contributed by atoms with E-state index in [1.807, 2.05) is 12.1 Å². The lowest BCUT2D eigenvalue weighted by Crippen LogP contribution is -2.21. The summed E-state index contributed by atoms with van der Waals surface area (Å²) in [6, 6.07) is 6.23. The smallest absolute Gasteiger partial charge is 0.124 e. The monoisotopic (exact) mass is 163 g/mol. The van der Waals surface area contributed by atoms with Gasteiger partial charge in [0.1, 0.15) is 5.75 Å². The molecule has 0 radical (unpaired) electrons. The Balaban J connectivity index is 2.53. The number of benzene rings is 1. The van der Waals surface area contributed by atoms with E-state index in [9.17, 15) is 0 Å². The summed E-state index contributed by atoms with van der Waals surface area (Å²) in [5.41, 5.74) is 8.39. The molecule has 1 heterocycles. The maximum Gasteiger partial charge on any atom is 0.124 e. The van der Waals surface area contributed by atoms with Gasteiger partial charge in [-0.15, -0.1) is 0 Å². The second-order valence-electron chi connectivity index (χ2n) is 3.23. The van der Waals surface area contributed by atoms with Crippen LogP contribution in [-0.2, 0) is 0 Å². The Kier molecular flexibility index (Phi) is 1.77. The van der Waals surface area contributed by atoms with Crippen molar-refractivity contribution in [1.82, 2.24) is 0 Å². The van der Waals surface area contributed by atoms with Crippen molar-refractivity contribution in [3.05, 3.63) is 29.3 Å². The fourth-order valence-corrected chi connectivity index (χ4v) is 1.69. The zero-order chi connectivity index (χ0) is 8.55. The standard InChI is InChI=1S/C10H13NO/c1-7-3-2-4-9-10(7)8(11)5-6-12-9/h2-4,8H,5-6,11H2,1H3/t8-/m1/s1. The molecule has 12 heavy (non-hydrogen) atoms. The van der Waals surface area contributed by atoms with Gasteiger partial charge in [0.25, 0.3) is 0 Å². The Morgan fingerprint density at radius 2 is 2.33 bits per heavy atom. The Hall–Kier alpha value is -1.02. The average Bonchev–Trinajstić information content (AvgIpc) is 2.04. The summed E-state index contributed by atoms with van der Waals surface area (Å²) in [4.78, 5) is 0. The van der Waals surface area contributed by atoms with Crippen LogP contribution in [0.1, 0.15) is 23.6 Å². The minimum atomic E-state index is 0.162. The Labute approximate surface area is 72.3 Å². The number of aryl methyl sites for hydroxylation is 1. The molecule has 2 heteroatoms. The Morgan fingerprint density at radius 1 is 1.50 bits per heavy atom. The van der Waals surface area contributed by atoms with Gasteiger partial charge in [0.05, 0.1) is 6.61 Å². The molecule has 2 N–H and O–H groups in total. The molecule has 0 saturated heterocycles. The highest BCUT2D eigenvalue weighted by Gasteiger charge is 2.18. The van der Waals surface area contributed by atoms with E-state index in [1.165, 1.54) is 11.1 Å². The molecule has 0 spiro atoms. The van der Waals surface area contributed by atoms with E-state index in [-0.39, 0.29) is 6.04 Å². The van der Waals surface area contributed by atoms with Gasteiger partial charge >= 0.3 is 0 Å². The molecule has 1 atom stereocenters. The maximum absolute atomic E-state index is 5.97. The van der Waals surface area contributed by atoms with Crippen molar-refractivity contribution < 1.29 is 4.74 Å². The lowest BCUT2D eigenvalue weighted by atomic mass is 9.97. The number of hydrogen-bond donors (Lipinski definition) is 1. The van der Waals surface area contributed by atoms with Gasteiger partial charge < -0.3 is 10.5 Å². The molecule has 0 fully saturated rings. The summed E-state index contributed by atoms with van der Waals surface area (Å²) in [7, 11) is 0. The summed E-state index contributed by atoms with van der Waals surface area (Å²) in [5, 5.41) is 0. The van der Waals surface area contributed by atoms with Crippen LogP contribution in [-0.4, -0.2) is 6.61 Å². The van der Waals surface area contributed by atoms with Gasteiger partial charge in [-0.05, 0) is 18.6 Å². The second-order valence-corrected chi connectivity index (χ2v) is 3.23. The molecule has 0 bridgehead atoms. The zero-order valence-corrected chi connectivity index (χ0v) is 7.21. The van der Waals surface area contributed by atoms with Crippen molar-refractivity contribution in [2.45, 2.75) is 19.4 Å². The summed E-state index contributed by atoms with van der Waals surface area (Å²) >= 11 is 0. The van der Waals surface area contributed by atoms with Gasteiger partial charge in [0.15, 0.2) is 0 Å². The first-order valence-corrected chi connectivity index (χ1v) is 4.27. The number of ether oxygens (including phenoxy) is 1. The molecule has 0 aromatic heterocycles. The van der Waals surface area contributed by atoms with Crippen molar-refractivity contribution >= 4 is 0 Å². The first-order chi connectivity index (χ1) is 5.79. The van der Waals surface area contributed by atoms with Crippen LogP contribution in [0.15, 0.2) is 18.2 Å². The molecule has 2 nitrogen and oxygen atoms in total. The molecule has 0 amide bonds. The van der Waals surface area contributed by atoms with E-state index in [4.69, 9.17) is 10.5 Å². The highest BCUT2D eigenvalue weighted by atomic mass is 16.5. The summed E-state index contributed by atoms with van der Waals surface area (Å²) < 4.78 is 5.49. The largest absolute Gasteiger partial charge is 0.493 e. The zero-order valence-electron chi connectivity index (χ0n) is 7.21. The van der Waals surface area contributed by atoms with E-state index in [1.54, 1.807) is 0 Å². The molecule has 0 saturated carbocycles. The summed E-state index contributed by atoms with van der Waals surface area (Å²) in [5.74, 6) is 0.966. The SMILES string of the molecule is Cc1cccc2c1[C@H](N)CCO2. The lowest BCUT2D eigenvalue weighted by Gasteiger charge is -2.24. The summed E-state index contributed by atoms with van der Waals surface area (Å²) in [6.07, 6.45) is 0.928. The highest BCUT2D eigenvalue weighted by Crippen LogP contribution is 2.32. The van der Waals surface area contributed by atoms with Crippen LogP contribution in [0.25, 0.3) is 0 Å². The van der Waals surface area contributed by atoms with Crippen molar-refractivity contribution in [2.24, 2.45) is 5.73 Å². The number of rotatable bonds is 0. The van der Waals surface area contributed by atoms with Gasteiger partial charge in [-0.3, -0.25) is 0 Å². The molecular formula is C10H13NO. The number of nitrogens with two attached hydrogens (primary N) is 1. The molecule has 1 aromatic carbocycles. The average molecular weight is 163 g/mol. The first kappa shape index (κ1) is 7.62. The summed E-state index contributed by atoms with van der Waals surface area (Å²) in [6.45, 7) is 2.82. The van der Waals surface area contributed by atoms with Crippen molar-refractivity contribution in [3.8, 4) is 5.75 Å². The van der Waals surface area contributed by atoms with Crippen LogP contribution in [0.2, 0.25) is 0 Å². The first-order valence-electron chi connectivity index (χ1n) is 4.27. The van der Waals surface area contributed by atoms with Crippen LogP contribution in [0, 0.1) is 6.92 Å². The van der Waals surface area contributed by atoms with Crippen LogP contribution in [0.3, 0.4) is 0 Å². The minimum Gasteiger partial charge on any atom is -0.493 e. The molecule has 1 aliphatic rings. The van der Waals surface area contributed by atoms with E-state index in [0.717, 1.165) is 18.8 Å². The second kappa shape index (κ2) is 2.79. The molecule has 1 aromatic rings.